The van der Waals surface area contributed by atoms with Crippen molar-refractivity contribution in [3.63, 3.8) is 0 Å². The van der Waals surface area contributed by atoms with Crippen LogP contribution in [0.5, 0.6) is 0 Å². The van der Waals surface area contributed by atoms with Crippen LogP contribution in [-0.2, 0) is 0 Å². The largest absolute Gasteiger partial charge is 0.338 e. The molecule has 104 valence electrons. The van der Waals surface area contributed by atoms with Gasteiger partial charge in [-0.1, -0.05) is 6.42 Å². The predicted molar refractivity (Wildman–Crippen MR) is 76.0 cm³/mol. The van der Waals surface area contributed by atoms with Gasteiger partial charge < -0.3 is 10.6 Å². The number of hydrogen-bond acceptors (Lipinski definition) is 5. The van der Waals surface area contributed by atoms with Crippen molar-refractivity contribution >= 4 is 5.95 Å². The second kappa shape index (κ2) is 5.43. The molecule has 2 aliphatic rings. The Bertz CT molecular complexity index is 390. The molecule has 2 heterocycles. The molecule has 0 atom stereocenters. The van der Waals surface area contributed by atoms with Crippen molar-refractivity contribution in [2.24, 2.45) is 11.1 Å². The van der Waals surface area contributed by atoms with Crippen LogP contribution in [0.2, 0.25) is 0 Å². The normalized spacial score (nSPS) is 23.1. The van der Waals surface area contributed by atoms with Gasteiger partial charge in [0.1, 0.15) is 0 Å². The first kappa shape index (κ1) is 12.8. The molecule has 1 saturated carbocycles. The van der Waals surface area contributed by atoms with Gasteiger partial charge in [0.25, 0.3) is 0 Å². The molecule has 0 spiro atoms. The molecule has 1 aliphatic heterocycles. The van der Waals surface area contributed by atoms with Gasteiger partial charge in [-0.25, -0.2) is 9.97 Å². The Morgan fingerprint density at radius 3 is 2.32 bits per heavy atom. The molecule has 5 heteroatoms. The Morgan fingerprint density at radius 1 is 1.11 bits per heavy atom. The summed E-state index contributed by atoms with van der Waals surface area (Å²) in [6.45, 7) is 6.25. The predicted octanol–water partition coefficient (Wildman–Crippen LogP) is 0.728. The van der Waals surface area contributed by atoms with Crippen LogP contribution in [0.1, 0.15) is 19.3 Å². The third-order valence-electron chi connectivity index (χ3n) is 4.61. The molecule has 2 fully saturated rings. The molecule has 2 N–H and O–H groups in total. The highest BCUT2D eigenvalue weighted by Crippen LogP contribution is 2.40. The summed E-state index contributed by atoms with van der Waals surface area (Å²) < 4.78 is 0. The Balaban J connectivity index is 1.52. The van der Waals surface area contributed by atoms with E-state index in [0.717, 1.165) is 38.7 Å². The third kappa shape index (κ3) is 2.72. The second-order valence-electron chi connectivity index (χ2n) is 5.87. The van der Waals surface area contributed by atoms with Crippen LogP contribution in [0.25, 0.3) is 0 Å². The summed E-state index contributed by atoms with van der Waals surface area (Å²) >= 11 is 0. The van der Waals surface area contributed by atoms with Crippen molar-refractivity contribution in [3.05, 3.63) is 18.5 Å². The lowest BCUT2D eigenvalue weighted by molar-refractivity contribution is 0.0716. The molecule has 0 amide bonds. The fourth-order valence-electron chi connectivity index (χ4n) is 3.14. The van der Waals surface area contributed by atoms with Gasteiger partial charge in [0.05, 0.1) is 0 Å². The van der Waals surface area contributed by atoms with Gasteiger partial charge in [0.2, 0.25) is 5.95 Å². The number of piperazine rings is 1. The zero-order chi connectivity index (χ0) is 13.1. The van der Waals surface area contributed by atoms with Crippen molar-refractivity contribution in [1.29, 1.82) is 0 Å². The van der Waals surface area contributed by atoms with Crippen molar-refractivity contribution in [1.82, 2.24) is 14.9 Å². The first-order valence-corrected chi connectivity index (χ1v) is 7.26. The smallest absolute Gasteiger partial charge is 0.225 e. The SMILES string of the molecule is NCC1(CN2CCN(c3ncccn3)CC2)CCC1. The van der Waals surface area contributed by atoms with Crippen LogP contribution >= 0.6 is 0 Å². The van der Waals surface area contributed by atoms with Crippen LogP contribution < -0.4 is 10.6 Å². The van der Waals surface area contributed by atoms with E-state index < -0.39 is 0 Å². The Labute approximate surface area is 114 Å². The zero-order valence-electron chi connectivity index (χ0n) is 11.5. The summed E-state index contributed by atoms with van der Waals surface area (Å²) in [6.07, 6.45) is 7.60. The van der Waals surface area contributed by atoms with Gasteiger partial charge in [0, 0.05) is 45.1 Å². The minimum atomic E-state index is 0.422. The molecule has 0 aromatic carbocycles. The molecule has 1 saturated heterocycles. The average Bonchev–Trinajstić information content (AvgIpc) is 2.45. The summed E-state index contributed by atoms with van der Waals surface area (Å²) in [5, 5.41) is 0. The van der Waals surface area contributed by atoms with Gasteiger partial charge in [-0.05, 0) is 30.9 Å². The topological polar surface area (TPSA) is 58.3 Å². The van der Waals surface area contributed by atoms with Gasteiger partial charge in [0.15, 0.2) is 0 Å². The molecule has 5 nitrogen and oxygen atoms in total. The highest BCUT2D eigenvalue weighted by atomic mass is 15.3. The molecule has 1 aromatic rings. The maximum Gasteiger partial charge on any atom is 0.225 e. The van der Waals surface area contributed by atoms with Crippen molar-refractivity contribution in [2.75, 3.05) is 44.2 Å². The molecule has 0 radical (unpaired) electrons. The highest BCUT2D eigenvalue weighted by Gasteiger charge is 2.37. The maximum atomic E-state index is 5.95. The van der Waals surface area contributed by atoms with Gasteiger partial charge in [-0.15, -0.1) is 0 Å². The molecular formula is C14H23N5. The van der Waals surface area contributed by atoms with Gasteiger partial charge in [-0.3, -0.25) is 4.90 Å². The third-order valence-corrected chi connectivity index (χ3v) is 4.61. The quantitative estimate of drug-likeness (QED) is 0.866. The standard InChI is InChI=1S/C14H23N5/c15-11-14(3-1-4-14)12-18-7-9-19(10-8-18)13-16-5-2-6-17-13/h2,5-6H,1,3-4,7-12,15H2. The Hall–Kier alpha value is -1.20. The van der Waals surface area contributed by atoms with Crippen molar-refractivity contribution < 1.29 is 0 Å². The minimum absolute atomic E-state index is 0.422. The molecule has 0 bridgehead atoms. The molecule has 0 unspecified atom stereocenters. The van der Waals surface area contributed by atoms with E-state index in [4.69, 9.17) is 5.73 Å². The monoisotopic (exact) mass is 261 g/mol. The number of nitrogens with two attached hydrogens (primary N) is 1. The molecule has 19 heavy (non-hydrogen) atoms. The van der Waals surface area contributed by atoms with Crippen LogP contribution in [0.4, 0.5) is 5.95 Å². The Morgan fingerprint density at radius 2 is 1.79 bits per heavy atom. The Kier molecular flexibility index (Phi) is 3.66. The van der Waals surface area contributed by atoms with Crippen molar-refractivity contribution in [2.45, 2.75) is 19.3 Å². The average molecular weight is 261 g/mol. The first-order valence-electron chi connectivity index (χ1n) is 7.26. The van der Waals surface area contributed by atoms with E-state index in [2.05, 4.69) is 19.8 Å². The van der Waals surface area contributed by atoms with E-state index >= 15 is 0 Å². The number of aromatic nitrogens is 2. The summed E-state index contributed by atoms with van der Waals surface area (Å²) in [4.78, 5) is 13.5. The fraction of sp³-hybridized carbons (Fsp3) is 0.714. The van der Waals surface area contributed by atoms with Crippen LogP contribution in [0.15, 0.2) is 18.5 Å². The minimum Gasteiger partial charge on any atom is -0.338 e. The number of hydrogen-bond donors (Lipinski definition) is 1. The summed E-state index contributed by atoms with van der Waals surface area (Å²) in [7, 11) is 0. The summed E-state index contributed by atoms with van der Waals surface area (Å²) in [5.41, 5.74) is 6.37. The van der Waals surface area contributed by atoms with E-state index in [0.29, 0.717) is 5.41 Å². The van der Waals surface area contributed by atoms with Gasteiger partial charge in [-0.2, -0.15) is 0 Å². The zero-order valence-corrected chi connectivity index (χ0v) is 11.5. The first-order chi connectivity index (χ1) is 9.31. The van der Waals surface area contributed by atoms with Crippen LogP contribution in [0.3, 0.4) is 0 Å². The number of rotatable bonds is 4. The van der Waals surface area contributed by atoms with E-state index in [1.165, 1.54) is 25.8 Å². The summed E-state index contributed by atoms with van der Waals surface area (Å²) in [6, 6.07) is 1.86. The van der Waals surface area contributed by atoms with Gasteiger partial charge >= 0.3 is 0 Å². The van der Waals surface area contributed by atoms with E-state index in [1.54, 1.807) is 0 Å². The molecule has 1 aromatic heterocycles. The summed E-state index contributed by atoms with van der Waals surface area (Å²) in [5.74, 6) is 0.860. The lowest BCUT2D eigenvalue weighted by atomic mass is 9.68. The van der Waals surface area contributed by atoms with E-state index in [-0.39, 0.29) is 0 Å². The van der Waals surface area contributed by atoms with Crippen LogP contribution in [-0.4, -0.2) is 54.1 Å². The van der Waals surface area contributed by atoms with Crippen molar-refractivity contribution in [3.8, 4) is 0 Å². The lowest BCUT2D eigenvalue weighted by Crippen LogP contribution is -2.53. The maximum absolute atomic E-state index is 5.95. The highest BCUT2D eigenvalue weighted by molar-refractivity contribution is 5.29. The molecule has 1 aliphatic carbocycles. The molecular weight excluding hydrogens is 238 g/mol. The number of anilines is 1. The molecule has 3 rings (SSSR count). The van der Waals surface area contributed by atoms with E-state index in [1.807, 2.05) is 18.5 Å². The fourth-order valence-corrected chi connectivity index (χ4v) is 3.14. The van der Waals surface area contributed by atoms with E-state index in [9.17, 15) is 0 Å². The lowest BCUT2D eigenvalue weighted by Gasteiger charge is -2.46. The number of nitrogens with zero attached hydrogens (tertiary/aromatic N) is 4. The second-order valence-corrected chi connectivity index (χ2v) is 5.87. The van der Waals surface area contributed by atoms with Crippen LogP contribution in [0, 0.1) is 5.41 Å².